The van der Waals surface area contributed by atoms with Crippen LogP contribution in [0.4, 0.5) is 5.69 Å². The molecule has 4 rings (SSSR count). The van der Waals surface area contributed by atoms with E-state index in [4.69, 9.17) is 0 Å². The van der Waals surface area contributed by atoms with Gasteiger partial charge in [-0.2, -0.15) is 4.68 Å². The summed E-state index contributed by atoms with van der Waals surface area (Å²) in [5.41, 5.74) is 2.74. The lowest BCUT2D eigenvalue weighted by molar-refractivity contribution is -0.113. The molecule has 0 saturated carbocycles. The molecule has 6 nitrogen and oxygen atoms in total. The van der Waals surface area contributed by atoms with Crippen LogP contribution in [-0.2, 0) is 4.79 Å². The fraction of sp³-hybridized carbons (Fsp3) is 0.100. The van der Waals surface area contributed by atoms with Gasteiger partial charge < -0.3 is 5.32 Å². The second kappa shape index (κ2) is 7.59. The Morgan fingerprint density at radius 1 is 1.04 bits per heavy atom. The molecule has 0 spiro atoms. The molecule has 1 heterocycles. The van der Waals surface area contributed by atoms with Crippen LogP contribution < -0.4 is 5.32 Å². The number of amides is 1. The number of aryl methyl sites for hydroxylation is 1. The first-order valence-corrected chi connectivity index (χ1v) is 9.45. The molecule has 7 heteroatoms. The maximum Gasteiger partial charge on any atom is 0.234 e. The van der Waals surface area contributed by atoms with Gasteiger partial charge in [-0.3, -0.25) is 4.79 Å². The summed E-state index contributed by atoms with van der Waals surface area (Å²) in [5, 5.41) is 17.6. The number of fused-ring (bicyclic) bond motifs is 1. The number of anilines is 1. The minimum atomic E-state index is -0.102. The predicted octanol–water partition coefficient (Wildman–Crippen LogP) is 3.85. The Kier molecular flexibility index (Phi) is 4.84. The third kappa shape index (κ3) is 3.83. The summed E-state index contributed by atoms with van der Waals surface area (Å²) in [5.74, 6) is 0.119. The number of nitrogens with zero attached hydrogens (tertiary/aromatic N) is 4. The number of thioether (sulfide) groups is 1. The lowest BCUT2D eigenvalue weighted by Gasteiger charge is -2.08. The molecule has 0 radical (unpaired) electrons. The Morgan fingerprint density at radius 2 is 1.81 bits per heavy atom. The van der Waals surface area contributed by atoms with Gasteiger partial charge in [-0.1, -0.05) is 60.3 Å². The van der Waals surface area contributed by atoms with Gasteiger partial charge in [0.2, 0.25) is 11.1 Å². The lowest BCUT2D eigenvalue weighted by Crippen LogP contribution is -2.14. The molecule has 134 valence electrons. The number of aromatic nitrogens is 4. The Balaban J connectivity index is 1.44. The Bertz CT molecular complexity index is 1110. The van der Waals surface area contributed by atoms with Crippen molar-refractivity contribution in [3.8, 4) is 5.69 Å². The zero-order chi connectivity index (χ0) is 18.6. The minimum Gasteiger partial charge on any atom is -0.325 e. The molecule has 1 N–H and O–H groups in total. The Hall–Kier alpha value is -3.19. The smallest absolute Gasteiger partial charge is 0.234 e. The SMILES string of the molecule is Cc1ccccc1-n1nnnc1SCC(=O)Nc1ccc2ccccc2c1. The highest BCUT2D eigenvalue weighted by Gasteiger charge is 2.13. The first-order chi connectivity index (χ1) is 13.2. The number of tetrazole rings is 1. The third-order valence-electron chi connectivity index (χ3n) is 4.15. The number of hydrogen-bond donors (Lipinski definition) is 1. The van der Waals surface area contributed by atoms with Crippen molar-refractivity contribution in [3.63, 3.8) is 0 Å². The maximum absolute atomic E-state index is 12.3. The standard InChI is InChI=1S/C20H17N5OS/c1-14-6-2-5-9-18(14)25-20(22-23-24-25)27-13-19(26)21-17-11-10-15-7-3-4-8-16(15)12-17/h2-12H,13H2,1H3,(H,21,26). The molecule has 0 saturated heterocycles. The highest BCUT2D eigenvalue weighted by atomic mass is 32.2. The number of rotatable bonds is 5. The van der Waals surface area contributed by atoms with Crippen molar-refractivity contribution in [1.82, 2.24) is 20.2 Å². The molecule has 1 amide bonds. The van der Waals surface area contributed by atoms with Gasteiger partial charge >= 0.3 is 0 Å². The van der Waals surface area contributed by atoms with E-state index in [1.807, 2.05) is 73.7 Å². The number of carbonyl (C=O) groups excluding carboxylic acids is 1. The van der Waals surface area contributed by atoms with Crippen LogP contribution >= 0.6 is 11.8 Å². The summed E-state index contributed by atoms with van der Waals surface area (Å²) >= 11 is 1.30. The van der Waals surface area contributed by atoms with Crippen LogP contribution in [-0.4, -0.2) is 31.9 Å². The average molecular weight is 375 g/mol. The van der Waals surface area contributed by atoms with Crippen LogP contribution in [0.25, 0.3) is 16.5 Å². The second-order valence-electron chi connectivity index (χ2n) is 6.06. The molecule has 0 aliphatic heterocycles. The van der Waals surface area contributed by atoms with E-state index in [1.165, 1.54) is 11.8 Å². The zero-order valence-corrected chi connectivity index (χ0v) is 15.5. The van der Waals surface area contributed by atoms with E-state index < -0.39 is 0 Å². The summed E-state index contributed by atoms with van der Waals surface area (Å²) in [6.45, 7) is 2.00. The van der Waals surface area contributed by atoms with E-state index in [9.17, 15) is 4.79 Å². The number of hydrogen-bond acceptors (Lipinski definition) is 5. The predicted molar refractivity (Wildman–Crippen MR) is 107 cm³/mol. The third-order valence-corrected chi connectivity index (χ3v) is 5.07. The van der Waals surface area contributed by atoms with Gasteiger partial charge in [0.15, 0.2) is 0 Å². The highest BCUT2D eigenvalue weighted by molar-refractivity contribution is 7.99. The van der Waals surface area contributed by atoms with Crippen LogP contribution in [0.3, 0.4) is 0 Å². The van der Waals surface area contributed by atoms with Crippen molar-refractivity contribution in [2.45, 2.75) is 12.1 Å². The first-order valence-electron chi connectivity index (χ1n) is 8.46. The van der Waals surface area contributed by atoms with Gasteiger partial charge in [0.05, 0.1) is 11.4 Å². The lowest BCUT2D eigenvalue weighted by atomic mass is 10.1. The van der Waals surface area contributed by atoms with Crippen LogP contribution in [0.15, 0.2) is 71.9 Å². The monoisotopic (exact) mass is 375 g/mol. The zero-order valence-electron chi connectivity index (χ0n) is 14.7. The molecular formula is C20H17N5OS. The summed E-state index contributed by atoms with van der Waals surface area (Å²) < 4.78 is 1.66. The molecule has 0 fully saturated rings. The number of benzene rings is 3. The second-order valence-corrected chi connectivity index (χ2v) is 7.00. The van der Waals surface area contributed by atoms with E-state index in [0.29, 0.717) is 5.16 Å². The van der Waals surface area contributed by atoms with Gasteiger partial charge in [-0.05, 0) is 51.9 Å². The van der Waals surface area contributed by atoms with E-state index >= 15 is 0 Å². The molecule has 0 unspecified atom stereocenters. The minimum absolute atomic E-state index is 0.102. The summed E-state index contributed by atoms with van der Waals surface area (Å²) in [6.07, 6.45) is 0. The fourth-order valence-corrected chi connectivity index (χ4v) is 3.50. The summed E-state index contributed by atoms with van der Waals surface area (Å²) in [6, 6.07) is 21.8. The highest BCUT2D eigenvalue weighted by Crippen LogP contribution is 2.22. The normalized spacial score (nSPS) is 10.9. The molecule has 4 aromatic rings. The van der Waals surface area contributed by atoms with Crippen molar-refractivity contribution in [3.05, 3.63) is 72.3 Å². The fourth-order valence-electron chi connectivity index (χ4n) is 2.82. The van der Waals surface area contributed by atoms with Crippen LogP contribution in [0.1, 0.15) is 5.56 Å². The first kappa shape index (κ1) is 17.2. The van der Waals surface area contributed by atoms with Crippen LogP contribution in [0.5, 0.6) is 0 Å². The molecule has 27 heavy (non-hydrogen) atoms. The average Bonchev–Trinajstić information content (AvgIpc) is 3.15. The maximum atomic E-state index is 12.3. The molecule has 0 atom stereocenters. The Morgan fingerprint density at radius 3 is 2.67 bits per heavy atom. The molecule has 0 bridgehead atoms. The van der Waals surface area contributed by atoms with E-state index in [2.05, 4.69) is 20.8 Å². The van der Waals surface area contributed by atoms with Gasteiger partial charge in [-0.15, -0.1) is 5.10 Å². The van der Waals surface area contributed by atoms with E-state index in [-0.39, 0.29) is 11.7 Å². The largest absolute Gasteiger partial charge is 0.325 e. The van der Waals surface area contributed by atoms with Crippen molar-refractivity contribution in [2.24, 2.45) is 0 Å². The number of nitrogens with one attached hydrogen (secondary N) is 1. The number of carbonyl (C=O) groups is 1. The summed E-state index contributed by atoms with van der Waals surface area (Å²) in [7, 11) is 0. The van der Waals surface area contributed by atoms with Crippen LogP contribution in [0, 0.1) is 6.92 Å². The van der Waals surface area contributed by atoms with E-state index in [1.54, 1.807) is 4.68 Å². The summed E-state index contributed by atoms with van der Waals surface area (Å²) in [4.78, 5) is 12.3. The Labute approximate surface area is 160 Å². The van der Waals surface area contributed by atoms with Gasteiger partial charge in [0.1, 0.15) is 0 Å². The van der Waals surface area contributed by atoms with Crippen molar-refractivity contribution in [2.75, 3.05) is 11.1 Å². The topological polar surface area (TPSA) is 72.7 Å². The van der Waals surface area contributed by atoms with Gasteiger partial charge in [0, 0.05) is 5.69 Å². The molecule has 0 aliphatic rings. The van der Waals surface area contributed by atoms with Gasteiger partial charge in [0.25, 0.3) is 0 Å². The van der Waals surface area contributed by atoms with Crippen molar-refractivity contribution < 1.29 is 4.79 Å². The van der Waals surface area contributed by atoms with Crippen molar-refractivity contribution in [1.29, 1.82) is 0 Å². The number of para-hydroxylation sites is 1. The van der Waals surface area contributed by atoms with Crippen molar-refractivity contribution >= 4 is 34.1 Å². The molecule has 1 aromatic heterocycles. The quantitative estimate of drug-likeness (QED) is 0.536. The van der Waals surface area contributed by atoms with E-state index in [0.717, 1.165) is 27.7 Å². The van der Waals surface area contributed by atoms with Crippen LogP contribution in [0.2, 0.25) is 0 Å². The molecule has 3 aromatic carbocycles. The molecule has 0 aliphatic carbocycles. The van der Waals surface area contributed by atoms with Gasteiger partial charge in [-0.25, -0.2) is 0 Å². The molecular weight excluding hydrogens is 358 g/mol.